The Hall–Kier alpha value is -3.03. The van der Waals surface area contributed by atoms with Crippen molar-refractivity contribution in [2.45, 2.75) is 13.0 Å². The minimum Gasteiger partial charge on any atom is -0.485 e. The first kappa shape index (κ1) is 20.3. The molecule has 1 aromatic heterocycles. The van der Waals surface area contributed by atoms with Gasteiger partial charge in [0, 0.05) is 21.5 Å². The molecule has 1 aliphatic heterocycles. The molecule has 154 valence electrons. The van der Waals surface area contributed by atoms with Crippen molar-refractivity contribution in [2.75, 3.05) is 18.5 Å². The highest BCUT2D eigenvalue weighted by Gasteiger charge is 2.31. The fraction of sp³-hybridized carbons (Fsp3) is 0.182. The Labute approximate surface area is 182 Å². The first-order chi connectivity index (χ1) is 14.6. The summed E-state index contributed by atoms with van der Waals surface area (Å²) in [6.07, 6.45) is -0.503. The molecule has 0 aliphatic carbocycles. The van der Waals surface area contributed by atoms with Crippen LogP contribution in [0.2, 0.25) is 5.02 Å². The molecular formula is C22H18ClNO5S. The molecule has 0 saturated heterocycles. The quantitative estimate of drug-likeness (QED) is 0.538. The highest BCUT2D eigenvalue weighted by Crippen LogP contribution is 2.40. The molecular weight excluding hydrogens is 426 g/mol. The number of benzene rings is 2. The number of carbonyl (C=O) groups is 2. The molecule has 0 saturated carbocycles. The van der Waals surface area contributed by atoms with Crippen LogP contribution >= 0.6 is 22.9 Å². The Morgan fingerprint density at radius 3 is 2.63 bits per heavy atom. The lowest BCUT2D eigenvalue weighted by Crippen LogP contribution is -2.24. The van der Waals surface area contributed by atoms with Crippen molar-refractivity contribution in [2.24, 2.45) is 0 Å². The highest BCUT2D eigenvalue weighted by atomic mass is 35.5. The van der Waals surface area contributed by atoms with Crippen LogP contribution in [0.25, 0.3) is 0 Å². The summed E-state index contributed by atoms with van der Waals surface area (Å²) in [6, 6.07) is 13.8. The Morgan fingerprint density at radius 1 is 1.17 bits per heavy atom. The maximum atomic E-state index is 12.7. The third-order valence-electron chi connectivity index (χ3n) is 4.49. The van der Waals surface area contributed by atoms with Crippen LogP contribution in [0.3, 0.4) is 0 Å². The SMILES string of the molecule is CCOC(=O)c1c([C@H]2COc3ccccc3O2)csc1NC(=O)c1ccc(Cl)cc1. The summed E-state index contributed by atoms with van der Waals surface area (Å²) < 4.78 is 17.1. The van der Waals surface area contributed by atoms with Gasteiger partial charge in [-0.2, -0.15) is 0 Å². The molecule has 0 unspecified atom stereocenters. The lowest BCUT2D eigenvalue weighted by Gasteiger charge is -2.26. The number of anilines is 1. The van der Waals surface area contributed by atoms with E-state index in [9.17, 15) is 9.59 Å². The minimum atomic E-state index is -0.525. The van der Waals surface area contributed by atoms with Crippen LogP contribution in [0.4, 0.5) is 5.00 Å². The molecule has 1 aliphatic rings. The van der Waals surface area contributed by atoms with Gasteiger partial charge < -0.3 is 19.5 Å². The Kier molecular flexibility index (Phi) is 5.92. The van der Waals surface area contributed by atoms with Crippen LogP contribution in [0.15, 0.2) is 53.9 Å². The van der Waals surface area contributed by atoms with E-state index in [1.807, 2.05) is 18.2 Å². The average Bonchev–Trinajstić information content (AvgIpc) is 3.17. The third-order valence-corrected chi connectivity index (χ3v) is 5.65. The summed E-state index contributed by atoms with van der Waals surface area (Å²) in [4.78, 5) is 25.4. The predicted molar refractivity (Wildman–Crippen MR) is 115 cm³/mol. The number of hydrogen-bond donors (Lipinski definition) is 1. The minimum absolute atomic E-state index is 0.212. The van der Waals surface area contributed by atoms with Crippen LogP contribution < -0.4 is 14.8 Å². The van der Waals surface area contributed by atoms with E-state index in [1.165, 1.54) is 11.3 Å². The van der Waals surface area contributed by atoms with Crippen molar-refractivity contribution >= 4 is 39.8 Å². The van der Waals surface area contributed by atoms with E-state index in [1.54, 1.807) is 42.6 Å². The zero-order valence-electron chi connectivity index (χ0n) is 16.0. The lowest BCUT2D eigenvalue weighted by molar-refractivity contribution is 0.0513. The maximum absolute atomic E-state index is 12.7. The van der Waals surface area contributed by atoms with Crippen molar-refractivity contribution in [3.05, 3.63) is 75.6 Å². The first-order valence-electron chi connectivity index (χ1n) is 9.30. The van der Waals surface area contributed by atoms with Crippen LogP contribution in [-0.2, 0) is 4.74 Å². The summed E-state index contributed by atoms with van der Waals surface area (Å²) >= 11 is 7.12. The second-order valence-corrected chi connectivity index (χ2v) is 7.76. The van der Waals surface area contributed by atoms with Gasteiger partial charge in [-0.15, -0.1) is 11.3 Å². The van der Waals surface area contributed by atoms with Gasteiger partial charge in [0.2, 0.25) is 0 Å². The van der Waals surface area contributed by atoms with Crippen LogP contribution in [0.5, 0.6) is 11.5 Å². The number of rotatable bonds is 5. The van der Waals surface area contributed by atoms with E-state index < -0.39 is 12.1 Å². The summed E-state index contributed by atoms with van der Waals surface area (Å²) in [5.41, 5.74) is 1.31. The van der Waals surface area contributed by atoms with E-state index in [0.717, 1.165) is 0 Å². The van der Waals surface area contributed by atoms with Gasteiger partial charge in [0.1, 0.15) is 17.2 Å². The molecule has 0 radical (unpaired) electrons. The Balaban J connectivity index is 1.64. The summed E-state index contributed by atoms with van der Waals surface area (Å²) in [5, 5.41) is 5.52. The fourth-order valence-corrected chi connectivity index (χ4v) is 4.17. The molecule has 1 amide bonds. The van der Waals surface area contributed by atoms with Crippen molar-refractivity contribution in [1.82, 2.24) is 0 Å². The Bertz CT molecular complexity index is 1080. The smallest absolute Gasteiger partial charge is 0.341 e. The second kappa shape index (κ2) is 8.77. The standard InChI is InChI=1S/C22H18ClNO5S/c1-2-27-22(26)19-15(18-11-28-16-5-3-4-6-17(16)29-18)12-30-21(19)24-20(25)13-7-9-14(23)10-8-13/h3-10,12,18H,2,11H2,1H3,(H,24,25)/t18-/m1/s1. The van der Waals surface area contributed by atoms with Gasteiger partial charge in [-0.25, -0.2) is 4.79 Å². The molecule has 30 heavy (non-hydrogen) atoms. The van der Waals surface area contributed by atoms with E-state index in [0.29, 0.717) is 32.6 Å². The maximum Gasteiger partial charge on any atom is 0.341 e. The van der Waals surface area contributed by atoms with E-state index in [2.05, 4.69) is 5.32 Å². The number of esters is 1. The molecule has 4 rings (SSSR count). The average molecular weight is 444 g/mol. The summed E-state index contributed by atoms with van der Waals surface area (Å²) in [6.45, 7) is 2.18. The number of nitrogens with one attached hydrogen (secondary N) is 1. The monoisotopic (exact) mass is 443 g/mol. The van der Waals surface area contributed by atoms with Crippen LogP contribution in [0, 0.1) is 0 Å². The zero-order valence-corrected chi connectivity index (χ0v) is 17.6. The fourth-order valence-electron chi connectivity index (χ4n) is 3.06. The highest BCUT2D eigenvalue weighted by molar-refractivity contribution is 7.15. The van der Waals surface area contributed by atoms with Crippen molar-refractivity contribution < 1.29 is 23.8 Å². The lowest BCUT2D eigenvalue weighted by atomic mass is 10.1. The van der Waals surface area contributed by atoms with Crippen molar-refractivity contribution in [3.8, 4) is 11.5 Å². The van der Waals surface area contributed by atoms with Gasteiger partial charge in [-0.3, -0.25) is 4.79 Å². The number of fused-ring (bicyclic) bond motifs is 1. The van der Waals surface area contributed by atoms with Crippen molar-refractivity contribution in [1.29, 1.82) is 0 Å². The predicted octanol–water partition coefficient (Wildman–Crippen LogP) is 5.34. The number of carbonyl (C=O) groups excluding carboxylic acids is 2. The molecule has 0 spiro atoms. The molecule has 8 heteroatoms. The number of ether oxygens (including phenoxy) is 3. The summed E-state index contributed by atoms with van der Waals surface area (Å²) in [5.74, 6) is 0.374. The van der Waals surface area contributed by atoms with Gasteiger partial charge in [0.15, 0.2) is 17.6 Å². The van der Waals surface area contributed by atoms with Crippen molar-refractivity contribution in [3.63, 3.8) is 0 Å². The van der Waals surface area contributed by atoms with E-state index in [4.69, 9.17) is 25.8 Å². The molecule has 2 aromatic carbocycles. The molecule has 0 fully saturated rings. The molecule has 3 aromatic rings. The number of hydrogen-bond acceptors (Lipinski definition) is 6. The van der Waals surface area contributed by atoms with E-state index >= 15 is 0 Å². The van der Waals surface area contributed by atoms with Gasteiger partial charge in [0.05, 0.1) is 6.61 Å². The first-order valence-corrected chi connectivity index (χ1v) is 10.6. The molecule has 1 atom stereocenters. The van der Waals surface area contributed by atoms with Gasteiger partial charge in [-0.1, -0.05) is 23.7 Å². The normalized spacial score (nSPS) is 14.8. The largest absolute Gasteiger partial charge is 0.485 e. The number of para-hydroxylation sites is 2. The van der Waals surface area contributed by atoms with Gasteiger partial charge in [-0.05, 0) is 43.3 Å². The number of thiophene rings is 1. The van der Waals surface area contributed by atoms with Crippen LogP contribution in [0.1, 0.15) is 39.3 Å². The molecule has 1 N–H and O–H groups in total. The van der Waals surface area contributed by atoms with Gasteiger partial charge in [0.25, 0.3) is 5.91 Å². The molecule has 6 nitrogen and oxygen atoms in total. The Morgan fingerprint density at radius 2 is 1.90 bits per heavy atom. The zero-order chi connectivity index (χ0) is 21.1. The van der Waals surface area contributed by atoms with Crippen LogP contribution in [-0.4, -0.2) is 25.1 Å². The topological polar surface area (TPSA) is 73.9 Å². The number of amides is 1. The molecule has 2 heterocycles. The second-order valence-electron chi connectivity index (χ2n) is 6.44. The van der Waals surface area contributed by atoms with E-state index in [-0.39, 0.29) is 24.7 Å². The summed E-state index contributed by atoms with van der Waals surface area (Å²) in [7, 11) is 0. The number of halogens is 1. The van der Waals surface area contributed by atoms with Gasteiger partial charge >= 0.3 is 5.97 Å². The molecule has 0 bridgehead atoms. The third kappa shape index (κ3) is 4.13.